The molecule has 0 atom stereocenters. The molecule has 0 amide bonds. The Morgan fingerprint density at radius 3 is 2.58 bits per heavy atom. The van der Waals surface area contributed by atoms with Crippen molar-refractivity contribution in [2.75, 3.05) is 11.9 Å². The van der Waals surface area contributed by atoms with Gasteiger partial charge >= 0.3 is 0 Å². The second-order valence-electron chi connectivity index (χ2n) is 4.87. The van der Waals surface area contributed by atoms with Crippen molar-refractivity contribution >= 4 is 17.3 Å². The molecule has 0 heterocycles. The van der Waals surface area contributed by atoms with Gasteiger partial charge in [0.2, 0.25) is 0 Å². The molecule has 100 valence electrons. The third-order valence-corrected chi connectivity index (χ3v) is 3.87. The number of aryl methyl sites for hydroxylation is 2. The molecule has 0 bridgehead atoms. The number of halogens is 1. The zero-order valence-electron chi connectivity index (χ0n) is 11.5. The van der Waals surface area contributed by atoms with E-state index in [2.05, 4.69) is 43.4 Å². The average molecular weight is 274 g/mol. The van der Waals surface area contributed by atoms with Crippen molar-refractivity contribution < 1.29 is 0 Å². The number of rotatable bonds is 5. The summed E-state index contributed by atoms with van der Waals surface area (Å²) < 4.78 is 0. The Morgan fingerprint density at radius 1 is 1.00 bits per heavy atom. The quantitative estimate of drug-likeness (QED) is 0.756. The molecular formula is C17H20ClN. The summed E-state index contributed by atoms with van der Waals surface area (Å²) in [5.41, 5.74) is 5.13. The highest BCUT2D eigenvalue weighted by atomic mass is 35.5. The van der Waals surface area contributed by atoms with E-state index in [0.29, 0.717) is 0 Å². The highest BCUT2D eigenvalue weighted by molar-refractivity contribution is 6.31. The molecule has 0 aliphatic carbocycles. The highest BCUT2D eigenvalue weighted by Crippen LogP contribution is 2.19. The molecule has 0 saturated carbocycles. The summed E-state index contributed by atoms with van der Waals surface area (Å²) in [6.45, 7) is 5.27. The first-order valence-electron chi connectivity index (χ1n) is 6.72. The normalized spacial score (nSPS) is 10.5. The molecule has 0 saturated heterocycles. The number of anilines is 1. The van der Waals surface area contributed by atoms with Crippen LogP contribution in [0.4, 0.5) is 5.69 Å². The summed E-state index contributed by atoms with van der Waals surface area (Å²) in [7, 11) is 0. The van der Waals surface area contributed by atoms with Gasteiger partial charge in [0.15, 0.2) is 0 Å². The van der Waals surface area contributed by atoms with E-state index in [0.717, 1.165) is 24.4 Å². The molecule has 0 aliphatic rings. The molecule has 2 rings (SSSR count). The van der Waals surface area contributed by atoms with E-state index in [1.54, 1.807) is 0 Å². The second kappa shape index (κ2) is 6.63. The maximum atomic E-state index is 6.15. The Labute approximate surface area is 120 Å². The summed E-state index contributed by atoms with van der Waals surface area (Å²) in [5.74, 6) is 0. The third kappa shape index (κ3) is 3.74. The summed E-state index contributed by atoms with van der Waals surface area (Å²) >= 11 is 6.15. The lowest BCUT2D eigenvalue weighted by atomic mass is 10.1. The Bertz CT molecular complexity index is 549. The molecule has 1 N–H and O–H groups in total. The van der Waals surface area contributed by atoms with E-state index < -0.39 is 0 Å². The average Bonchev–Trinajstić information content (AvgIpc) is 2.41. The SMILES string of the molecule is Cc1cccc(NCCCc2ccccc2Cl)c1C. The van der Waals surface area contributed by atoms with Gasteiger partial charge in [-0.1, -0.05) is 41.9 Å². The zero-order valence-corrected chi connectivity index (χ0v) is 12.3. The topological polar surface area (TPSA) is 12.0 Å². The van der Waals surface area contributed by atoms with Crippen LogP contribution in [0.3, 0.4) is 0 Å². The first kappa shape index (κ1) is 14.0. The number of benzene rings is 2. The lowest BCUT2D eigenvalue weighted by Gasteiger charge is -2.11. The molecule has 1 nitrogen and oxygen atoms in total. The molecule has 2 aromatic carbocycles. The molecule has 0 aliphatic heterocycles. The van der Waals surface area contributed by atoms with Crippen molar-refractivity contribution in [2.24, 2.45) is 0 Å². The van der Waals surface area contributed by atoms with Gasteiger partial charge in [-0.2, -0.15) is 0 Å². The van der Waals surface area contributed by atoms with E-state index >= 15 is 0 Å². The lowest BCUT2D eigenvalue weighted by Crippen LogP contribution is -2.05. The molecule has 2 heteroatoms. The van der Waals surface area contributed by atoms with Gasteiger partial charge < -0.3 is 5.32 Å². The summed E-state index contributed by atoms with van der Waals surface area (Å²) in [5, 5.41) is 4.37. The zero-order chi connectivity index (χ0) is 13.7. The van der Waals surface area contributed by atoms with Crippen LogP contribution in [-0.4, -0.2) is 6.54 Å². The van der Waals surface area contributed by atoms with Crippen molar-refractivity contribution in [3.05, 3.63) is 64.2 Å². The predicted octanol–water partition coefficient (Wildman–Crippen LogP) is 5.00. The van der Waals surface area contributed by atoms with Gasteiger partial charge in [-0.3, -0.25) is 0 Å². The van der Waals surface area contributed by atoms with Crippen LogP contribution in [0.15, 0.2) is 42.5 Å². The minimum Gasteiger partial charge on any atom is -0.385 e. The molecule has 0 fully saturated rings. The number of hydrogen-bond acceptors (Lipinski definition) is 1. The van der Waals surface area contributed by atoms with Crippen LogP contribution in [-0.2, 0) is 6.42 Å². The smallest absolute Gasteiger partial charge is 0.0437 e. The van der Waals surface area contributed by atoms with Crippen LogP contribution in [0.5, 0.6) is 0 Å². The van der Waals surface area contributed by atoms with E-state index in [1.165, 1.54) is 22.4 Å². The summed E-state index contributed by atoms with van der Waals surface area (Å²) in [4.78, 5) is 0. The van der Waals surface area contributed by atoms with E-state index in [4.69, 9.17) is 11.6 Å². The molecule has 19 heavy (non-hydrogen) atoms. The van der Waals surface area contributed by atoms with Crippen molar-refractivity contribution in [3.8, 4) is 0 Å². The van der Waals surface area contributed by atoms with Crippen LogP contribution in [0.1, 0.15) is 23.1 Å². The van der Waals surface area contributed by atoms with E-state index in [9.17, 15) is 0 Å². The Kier molecular flexibility index (Phi) is 4.86. The van der Waals surface area contributed by atoms with Crippen molar-refractivity contribution in [1.29, 1.82) is 0 Å². The van der Waals surface area contributed by atoms with Gasteiger partial charge in [0, 0.05) is 17.3 Å². The van der Waals surface area contributed by atoms with Gasteiger partial charge in [-0.15, -0.1) is 0 Å². The minimum absolute atomic E-state index is 0.870. The largest absolute Gasteiger partial charge is 0.385 e. The van der Waals surface area contributed by atoms with Crippen molar-refractivity contribution in [3.63, 3.8) is 0 Å². The Balaban J connectivity index is 1.84. The Hall–Kier alpha value is -1.47. The van der Waals surface area contributed by atoms with Crippen LogP contribution >= 0.6 is 11.6 Å². The molecule has 0 spiro atoms. The Morgan fingerprint density at radius 2 is 1.79 bits per heavy atom. The lowest BCUT2D eigenvalue weighted by molar-refractivity contribution is 0.862. The number of hydrogen-bond donors (Lipinski definition) is 1. The van der Waals surface area contributed by atoms with Gasteiger partial charge in [-0.25, -0.2) is 0 Å². The highest BCUT2D eigenvalue weighted by Gasteiger charge is 2.01. The molecular weight excluding hydrogens is 254 g/mol. The van der Waals surface area contributed by atoms with Crippen molar-refractivity contribution in [1.82, 2.24) is 0 Å². The fourth-order valence-electron chi connectivity index (χ4n) is 2.15. The van der Waals surface area contributed by atoms with Gasteiger partial charge in [0.05, 0.1) is 0 Å². The third-order valence-electron chi connectivity index (χ3n) is 3.50. The van der Waals surface area contributed by atoms with Gasteiger partial charge in [0.1, 0.15) is 0 Å². The standard InChI is InChI=1S/C17H20ClN/c1-13-7-5-11-17(14(13)2)19-12-6-9-15-8-3-4-10-16(15)18/h3-5,7-8,10-11,19H,6,9,12H2,1-2H3. The van der Waals surface area contributed by atoms with E-state index in [1.807, 2.05) is 18.2 Å². The van der Waals surface area contributed by atoms with Crippen molar-refractivity contribution in [2.45, 2.75) is 26.7 Å². The van der Waals surface area contributed by atoms with Gasteiger partial charge in [-0.05, 0) is 55.5 Å². The second-order valence-corrected chi connectivity index (χ2v) is 5.28. The first-order valence-corrected chi connectivity index (χ1v) is 7.10. The fourth-order valence-corrected chi connectivity index (χ4v) is 2.38. The predicted molar refractivity (Wildman–Crippen MR) is 84.2 cm³/mol. The molecule has 0 aromatic heterocycles. The van der Waals surface area contributed by atoms with Crippen LogP contribution in [0.2, 0.25) is 5.02 Å². The number of nitrogens with one attached hydrogen (secondary N) is 1. The summed E-state index contributed by atoms with van der Waals surface area (Å²) in [6, 6.07) is 14.4. The monoisotopic (exact) mass is 273 g/mol. The van der Waals surface area contributed by atoms with E-state index in [-0.39, 0.29) is 0 Å². The molecule has 2 aromatic rings. The maximum Gasteiger partial charge on any atom is 0.0437 e. The molecule has 0 radical (unpaired) electrons. The first-order chi connectivity index (χ1) is 9.18. The maximum absolute atomic E-state index is 6.15. The van der Waals surface area contributed by atoms with Crippen LogP contribution < -0.4 is 5.32 Å². The summed E-state index contributed by atoms with van der Waals surface area (Å²) in [6.07, 6.45) is 2.09. The molecule has 0 unspecified atom stereocenters. The van der Waals surface area contributed by atoms with Crippen LogP contribution in [0, 0.1) is 13.8 Å². The fraction of sp³-hybridized carbons (Fsp3) is 0.294. The minimum atomic E-state index is 0.870. The van der Waals surface area contributed by atoms with Gasteiger partial charge in [0.25, 0.3) is 0 Å². The van der Waals surface area contributed by atoms with Crippen LogP contribution in [0.25, 0.3) is 0 Å².